The number of carbonyl (C=O) groups is 2. The Kier molecular flexibility index (Phi) is 4.78. The molecule has 0 aromatic heterocycles. The van der Waals surface area contributed by atoms with Gasteiger partial charge in [0.25, 0.3) is 0 Å². The summed E-state index contributed by atoms with van der Waals surface area (Å²) in [6, 6.07) is 0.377. The summed E-state index contributed by atoms with van der Waals surface area (Å²) in [5.74, 6) is 0.0251. The van der Waals surface area contributed by atoms with E-state index >= 15 is 0 Å². The Labute approximate surface area is 126 Å². The molecule has 0 radical (unpaired) electrons. The van der Waals surface area contributed by atoms with Crippen LogP contribution >= 0.6 is 0 Å². The van der Waals surface area contributed by atoms with Gasteiger partial charge in [0.05, 0.1) is 12.0 Å². The Hall–Kier alpha value is -1.10. The van der Waals surface area contributed by atoms with Crippen LogP contribution in [0.5, 0.6) is 0 Å². The molecular formula is C16H26N2O3. The van der Waals surface area contributed by atoms with Crippen LogP contribution in [0.25, 0.3) is 0 Å². The minimum Gasteiger partial charge on any atom is -0.376 e. The van der Waals surface area contributed by atoms with Crippen molar-refractivity contribution in [2.75, 3.05) is 19.7 Å². The highest BCUT2D eigenvalue weighted by Crippen LogP contribution is 2.28. The number of carbonyl (C=O) groups excluding carboxylic acids is 2. The molecule has 118 valence electrons. The summed E-state index contributed by atoms with van der Waals surface area (Å²) in [6.45, 7) is 2.01. The van der Waals surface area contributed by atoms with Crippen LogP contribution in [0.1, 0.15) is 51.4 Å². The molecule has 5 nitrogen and oxygen atoms in total. The Morgan fingerprint density at radius 3 is 2.71 bits per heavy atom. The van der Waals surface area contributed by atoms with Crippen LogP contribution in [0.2, 0.25) is 0 Å². The topological polar surface area (TPSA) is 58.6 Å². The van der Waals surface area contributed by atoms with Gasteiger partial charge in [-0.15, -0.1) is 0 Å². The second-order valence-electron chi connectivity index (χ2n) is 6.62. The van der Waals surface area contributed by atoms with Gasteiger partial charge < -0.3 is 15.0 Å². The minimum atomic E-state index is -0.166. The SMILES string of the molecule is O=C(NC[C@H]1CCCO1)[C@H]1CC(=O)N(C2CCCCC2)C1. The second kappa shape index (κ2) is 6.77. The van der Waals surface area contributed by atoms with Crippen molar-refractivity contribution in [2.45, 2.75) is 63.5 Å². The quantitative estimate of drug-likeness (QED) is 0.854. The van der Waals surface area contributed by atoms with Crippen molar-refractivity contribution in [1.82, 2.24) is 10.2 Å². The molecule has 0 unspecified atom stereocenters. The Balaban J connectivity index is 1.47. The molecule has 1 aliphatic carbocycles. The van der Waals surface area contributed by atoms with Gasteiger partial charge in [-0.1, -0.05) is 19.3 Å². The number of rotatable bonds is 4. The molecule has 2 amide bonds. The summed E-state index contributed by atoms with van der Waals surface area (Å²) in [4.78, 5) is 26.4. The number of likely N-dealkylation sites (tertiary alicyclic amines) is 1. The number of ether oxygens (including phenoxy) is 1. The summed E-state index contributed by atoms with van der Waals surface area (Å²) < 4.78 is 5.51. The highest BCUT2D eigenvalue weighted by atomic mass is 16.5. The highest BCUT2D eigenvalue weighted by molar-refractivity contribution is 5.89. The number of amides is 2. The fraction of sp³-hybridized carbons (Fsp3) is 0.875. The summed E-state index contributed by atoms with van der Waals surface area (Å²) >= 11 is 0. The zero-order valence-corrected chi connectivity index (χ0v) is 12.7. The highest BCUT2D eigenvalue weighted by Gasteiger charge is 2.38. The molecule has 3 aliphatic rings. The average Bonchev–Trinajstić information content (AvgIpc) is 3.15. The van der Waals surface area contributed by atoms with E-state index in [1.807, 2.05) is 4.90 Å². The molecule has 2 heterocycles. The monoisotopic (exact) mass is 294 g/mol. The molecule has 2 aliphatic heterocycles. The Morgan fingerprint density at radius 1 is 1.19 bits per heavy atom. The molecule has 2 atom stereocenters. The largest absolute Gasteiger partial charge is 0.376 e. The lowest BCUT2D eigenvalue weighted by atomic mass is 9.94. The van der Waals surface area contributed by atoms with E-state index in [1.165, 1.54) is 19.3 Å². The van der Waals surface area contributed by atoms with Crippen molar-refractivity contribution in [3.63, 3.8) is 0 Å². The van der Waals surface area contributed by atoms with Crippen molar-refractivity contribution >= 4 is 11.8 Å². The fourth-order valence-corrected chi connectivity index (χ4v) is 3.82. The third kappa shape index (κ3) is 3.57. The molecule has 5 heteroatoms. The van der Waals surface area contributed by atoms with E-state index < -0.39 is 0 Å². The van der Waals surface area contributed by atoms with Gasteiger partial charge in [-0.25, -0.2) is 0 Å². The first-order chi connectivity index (χ1) is 10.2. The summed E-state index contributed by atoms with van der Waals surface area (Å²) in [7, 11) is 0. The number of nitrogens with zero attached hydrogens (tertiary/aromatic N) is 1. The van der Waals surface area contributed by atoms with Crippen molar-refractivity contribution in [2.24, 2.45) is 5.92 Å². The smallest absolute Gasteiger partial charge is 0.225 e. The van der Waals surface area contributed by atoms with Crippen molar-refractivity contribution in [1.29, 1.82) is 0 Å². The van der Waals surface area contributed by atoms with E-state index in [4.69, 9.17) is 4.74 Å². The maximum atomic E-state index is 12.2. The molecule has 2 saturated heterocycles. The van der Waals surface area contributed by atoms with Gasteiger partial charge in [0.2, 0.25) is 11.8 Å². The molecule has 1 N–H and O–H groups in total. The molecule has 0 spiro atoms. The minimum absolute atomic E-state index is 0.0251. The zero-order chi connectivity index (χ0) is 14.7. The zero-order valence-electron chi connectivity index (χ0n) is 12.7. The number of hydrogen-bond donors (Lipinski definition) is 1. The Morgan fingerprint density at radius 2 is 2.00 bits per heavy atom. The van der Waals surface area contributed by atoms with Crippen LogP contribution in [0.4, 0.5) is 0 Å². The average molecular weight is 294 g/mol. The number of nitrogens with one attached hydrogen (secondary N) is 1. The third-order valence-corrected chi connectivity index (χ3v) is 5.07. The van der Waals surface area contributed by atoms with E-state index in [-0.39, 0.29) is 23.8 Å². The van der Waals surface area contributed by atoms with Crippen molar-refractivity contribution in [3.8, 4) is 0 Å². The third-order valence-electron chi connectivity index (χ3n) is 5.07. The molecular weight excluding hydrogens is 268 g/mol. The molecule has 21 heavy (non-hydrogen) atoms. The lowest BCUT2D eigenvalue weighted by Crippen LogP contribution is -2.40. The second-order valence-corrected chi connectivity index (χ2v) is 6.62. The first-order valence-electron chi connectivity index (χ1n) is 8.43. The summed E-state index contributed by atoms with van der Waals surface area (Å²) in [5, 5.41) is 2.97. The van der Waals surface area contributed by atoms with Crippen LogP contribution < -0.4 is 5.32 Å². The van der Waals surface area contributed by atoms with Gasteiger partial charge in [-0.2, -0.15) is 0 Å². The first kappa shape index (κ1) is 14.8. The number of hydrogen-bond acceptors (Lipinski definition) is 3. The first-order valence-corrected chi connectivity index (χ1v) is 8.43. The summed E-state index contributed by atoms with van der Waals surface area (Å²) in [6.07, 6.45) is 8.58. The van der Waals surface area contributed by atoms with Gasteiger partial charge in [0.1, 0.15) is 0 Å². The molecule has 3 rings (SSSR count). The van der Waals surface area contributed by atoms with E-state index in [0.29, 0.717) is 25.6 Å². The molecule has 0 bridgehead atoms. The van der Waals surface area contributed by atoms with Crippen LogP contribution in [-0.4, -0.2) is 48.6 Å². The standard InChI is InChI=1S/C16H26N2O3/c19-15-9-12(11-18(15)13-5-2-1-3-6-13)16(20)17-10-14-7-4-8-21-14/h12-14H,1-11H2,(H,17,20)/t12-,14+/m0/s1. The van der Waals surface area contributed by atoms with Gasteiger partial charge >= 0.3 is 0 Å². The van der Waals surface area contributed by atoms with E-state index in [2.05, 4.69) is 5.32 Å². The van der Waals surface area contributed by atoms with Crippen LogP contribution in [0.3, 0.4) is 0 Å². The fourth-order valence-electron chi connectivity index (χ4n) is 3.82. The van der Waals surface area contributed by atoms with Crippen LogP contribution in [0.15, 0.2) is 0 Å². The van der Waals surface area contributed by atoms with Crippen LogP contribution in [-0.2, 0) is 14.3 Å². The predicted octanol–water partition coefficient (Wildman–Crippen LogP) is 1.46. The van der Waals surface area contributed by atoms with Gasteiger partial charge in [-0.3, -0.25) is 9.59 Å². The van der Waals surface area contributed by atoms with Gasteiger partial charge in [-0.05, 0) is 25.7 Å². The van der Waals surface area contributed by atoms with Gasteiger partial charge in [0, 0.05) is 32.2 Å². The van der Waals surface area contributed by atoms with Gasteiger partial charge in [0.15, 0.2) is 0 Å². The lowest BCUT2D eigenvalue weighted by Gasteiger charge is -2.31. The predicted molar refractivity (Wildman–Crippen MR) is 78.7 cm³/mol. The molecule has 0 aromatic rings. The maximum Gasteiger partial charge on any atom is 0.225 e. The van der Waals surface area contributed by atoms with E-state index in [0.717, 1.165) is 32.3 Å². The normalized spacial score (nSPS) is 30.9. The maximum absolute atomic E-state index is 12.2. The van der Waals surface area contributed by atoms with E-state index in [1.54, 1.807) is 0 Å². The Bertz CT molecular complexity index is 387. The van der Waals surface area contributed by atoms with Crippen molar-refractivity contribution in [3.05, 3.63) is 0 Å². The van der Waals surface area contributed by atoms with Crippen LogP contribution in [0, 0.1) is 5.92 Å². The molecule has 3 fully saturated rings. The summed E-state index contributed by atoms with van der Waals surface area (Å²) in [5.41, 5.74) is 0. The van der Waals surface area contributed by atoms with E-state index in [9.17, 15) is 9.59 Å². The molecule has 1 saturated carbocycles. The van der Waals surface area contributed by atoms with Crippen molar-refractivity contribution < 1.29 is 14.3 Å². The lowest BCUT2D eigenvalue weighted by molar-refractivity contribution is -0.130. The molecule has 0 aromatic carbocycles.